The lowest BCUT2D eigenvalue weighted by atomic mass is 10.0. The summed E-state index contributed by atoms with van der Waals surface area (Å²) < 4.78 is 0. The van der Waals surface area contributed by atoms with Crippen molar-refractivity contribution in [3.8, 4) is 0 Å². The Bertz CT molecular complexity index is 340. The first-order valence-corrected chi connectivity index (χ1v) is 6.33. The Labute approximate surface area is 114 Å². The average molecular weight is 272 g/mol. The van der Waals surface area contributed by atoms with E-state index in [1.165, 1.54) is 7.05 Å². The van der Waals surface area contributed by atoms with Gasteiger partial charge in [-0.05, 0) is 27.2 Å². The molecule has 0 fully saturated rings. The van der Waals surface area contributed by atoms with Crippen LogP contribution in [-0.2, 0) is 4.84 Å². The molecule has 0 saturated carbocycles. The maximum Gasteiger partial charge on any atom is 0.433 e. The van der Waals surface area contributed by atoms with Gasteiger partial charge in [-0.15, -0.1) is 0 Å². The van der Waals surface area contributed by atoms with Crippen LogP contribution >= 0.6 is 0 Å². The molecule has 0 aromatic heterocycles. The number of amides is 3. The van der Waals surface area contributed by atoms with E-state index in [2.05, 4.69) is 21.1 Å². The van der Waals surface area contributed by atoms with Gasteiger partial charge in [-0.1, -0.05) is 18.5 Å². The van der Waals surface area contributed by atoms with Crippen molar-refractivity contribution in [1.29, 1.82) is 0 Å². The first-order chi connectivity index (χ1) is 8.83. The smallest absolute Gasteiger partial charge is 0.341 e. The minimum Gasteiger partial charge on any atom is -0.341 e. The number of hydrogen-bond donors (Lipinski definition) is 3. The number of carbonyl (C=O) groups is 2. The molecule has 0 spiro atoms. The van der Waals surface area contributed by atoms with Crippen LogP contribution in [0.25, 0.3) is 0 Å². The monoisotopic (exact) mass is 272 g/mol. The maximum atomic E-state index is 11.3. The second-order valence-corrected chi connectivity index (χ2v) is 4.66. The van der Waals surface area contributed by atoms with Crippen LogP contribution < -0.4 is 16.0 Å². The number of urea groups is 1. The summed E-state index contributed by atoms with van der Waals surface area (Å²) in [6.07, 6.45) is 1.29. The number of rotatable bonds is 6. The quantitative estimate of drug-likeness (QED) is 0.297. The minimum atomic E-state index is -0.705. The van der Waals surface area contributed by atoms with Crippen molar-refractivity contribution < 1.29 is 14.4 Å². The first-order valence-electron chi connectivity index (χ1n) is 6.33. The maximum absolute atomic E-state index is 11.3. The lowest BCUT2D eigenvalue weighted by Crippen LogP contribution is -2.51. The molecule has 0 aliphatic rings. The van der Waals surface area contributed by atoms with Gasteiger partial charge in [-0.3, -0.25) is 4.84 Å². The zero-order valence-corrected chi connectivity index (χ0v) is 12.3. The van der Waals surface area contributed by atoms with E-state index in [0.717, 1.165) is 12.8 Å². The molecule has 0 unspecified atom stereocenters. The van der Waals surface area contributed by atoms with Crippen LogP contribution in [-0.4, -0.2) is 37.0 Å². The number of carbonyl (C=O) groups excluding carboxylic acids is 2. The van der Waals surface area contributed by atoms with Crippen molar-refractivity contribution >= 4 is 17.8 Å². The van der Waals surface area contributed by atoms with E-state index in [1.807, 2.05) is 6.92 Å². The van der Waals surface area contributed by atoms with Crippen molar-refractivity contribution in [2.45, 2.75) is 46.1 Å². The molecule has 0 atom stereocenters. The summed E-state index contributed by atoms with van der Waals surface area (Å²) in [7, 11) is 1.52. The molecule has 3 N–H and O–H groups in total. The van der Waals surface area contributed by atoms with E-state index in [9.17, 15) is 9.59 Å². The van der Waals surface area contributed by atoms with Gasteiger partial charge in [0.2, 0.25) is 0 Å². The Morgan fingerprint density at radius 2 is 1.95 bits per heavy atom. The highest BCUT2D eigenvalue weighted by Crippen LogP contribution is 2.05. The van der Waals surface area contributed by atoms with Gasteiger partial charge in [0.1, 0.15) is 0 Å². The number of unbranched alkanes of at least 4 members (excludes halogenated alkanes) is 1. The molecule has 0 aromatic carbocycles. The standard InChI is InChI=1S/C12H24N4O3/c1-6-7-8-14-11(18)19-16-9(2)12(3,4)15-10(17)13-5/h6-8H2,1-5H3,(H,14,18)(H2,13,15,17). The normalized spacial score (nSPS) is 11.7. The summed E-state index contributed by atoms with van der Waals surface area (Å²) in [5.74, 6) is 0. The topological polar surface area (TPSA) is 91.8 Å². The fourth-order valence-corrected chi connectivity index (χ4v) is 1.06. The Hall–Kier alpha value is -1.79. The molecule has 7 nitrogen and oxygen atoms in total. The third-order valence-corrected chi connectivity index (χ3v) is 2.62. The predicted molar refractivity (Wildman–Crippen MR) is 74.2 cm³/mol. The Morgan fingerprint density at radius 1 is 1.32 bits per heavy atom. The molecule has 0 heterocycles. The van der Waals surface area contributed by atoms with E-state index in [1.54, 1.807) is 20.8 Å². The van der Waals surface area contributed by atoms with E-state index >= 15 is 0 Å². The van der Waals surface area contributed by atoms with Gasteiger partial charge in [0.05, 0.1) is 11.3 Å². The highest BCUT2D eigenvalue weighted by Gasteiger charge is 2.24. The van der Waals surface area contributed by atoms with E-state index in [0.29, 0.717) is 12.3 Å². The fraction of sp³-hybridized carbons (Fsp3) is 0.750. The Kier molecular flexibility index (Phi) is 7.55. The Balaban J connectivity index is 4.30. The largest absolute Gasteiger partial charge is 0.433 e. The molecule has 0 aromatic rings. The van der Waals surface area contributed by atoms with Crippen LogP contribution in [0.2, 0.25) is 0 Å². The molecule has 0 aliphatic carbocycles. The molecule has 3 amide bonds. The molecule has 0 aliphatic heterocycles. The fourth-order valence-electron chi connectivity index (χ4n) is 1.06. The van der Waals surface area contributed by atoms with E-state index in [4.69, 9.17) is 4.84 Å². The van der Waals surface area contributed by atoms with Crippen LogP contribution in [0.4, 0.5) is 9.59 Å². The molecule has 0 rings (SSSR count). The summed E-state index contributed by atoms with van der Waals surface area (Å²) in [4.78, 5) is 27.3. The molecule has 0 radical (unpaired) electrons. The number of nitrogens with one attached hydrogen (secondary N) is 3. The summed E-state index contributed by atoms with van der Waals surface area (Å²) in [5.41, 5.74) is -0.217. The number of oxime groups is 1. The molecular formula is C12H24N4O3. The molecule has 19 heavy (non-hydrogen) atoms. The summed E-state index contributed by atoms with van der Waals surface area (Å²) in [6.45, 7) is 7.79. The SMILES string of the molecule is CCCCNC(=O)ON=C(C)C(C)(C)NC(=O)NC. The first kappa shape index (κ1) is 17.2. The average Bonchev–Trinajstić information content (AvgIpc) is 2.35. The van der Waals surface area contributed by atoms with Gasteiger partial charge in [0, 0.05) is 13.6 Å². The third kappa shape index (κ3) is 7.28. The van der Waals surface area contributed by atoms with Crippen molar-refractivity contribution in [1.82, 2.24) is 16.0 Å². The second-order valence-electron chi connectivity index (χ2n) is 4.66. The van der Waals surface area contributed by atoms with Crippen molar-refractivity contribution in [2.24, 2.45) is 5.16 Å². The zero-order chi connectivity index (χ0) is 14.9. The van der Waals surface area contributed by atoms with E-state index < -0.39 is 11.6 Å². The highest BCUT2D eigenvalue weighted by molar-refractivity contribution is 5.94. The van der Waals surface area contributed by atoms with Crippen LogP contribution in [0.3, 0.4) is 0 Å². The van der Waals surface area contributed by atoms with Crippen LogP contribution in [0.15, 0.2) is 5.16 Å². The van der Waals surface area contributed by atoms with Gasteiger partial charge < -0.3 is 16.0 Å². The van der Waals surface area contributed by atoms with Gasteiger partial charge >= 0.3 is 12.1 Å². The van der Waals surface area contributed by atoms with Crippen LogP contribution in [0, 0.1) is 0 Å². The molecule has 110 valence electrons. The van der Waals surface area contributed by atoms with Crippen molar-refractivity contribution in [3.05, 3.63) is 0 Å². The summed E-state index contributed by atoms with van der Waals surface area (Å²) in [5, 5.41) is 11.4. The molecule has 0 bridgehead atoms. The predicted octanol–water partition coefficient (Wildman–Crippen LogP) is 1.60. The van der Waals surface area contributed by atoms with Gasteiger partial charge in [0.15, 0.2) is 0 Å². The minimum absolute atomic E-state index is 0.327. The van der Waals surface area contributed by atoms with Crippen LogP contribution in [0.1, 0.15) is 40.5 Å². The van der Waals surface area contributed by atoms with Crippen molar-refractivity contribution in [2.75, 3.05) is 13.6 Å². The summed E-state index contributed by atoms with van der Waals surface area (Å²) >= 11 is 0. The highest BCUT2D eigenvalue weighted by atomic mass is 16.7. The van der Waals surface area contributed by atoms with Gasteiger partial charge in [-0.2, -0.15) is 0 Å². The number of nitrogens with zero attached hydrogens (tertiary/aromatic N) is 1. The Morgan fingerprint density at radius 3 is 2.47 bits per heavy atom. The lowest BCUT2D eigenvalue weighted by molar-refractivity contribution is 0.149. The number of hydrogen-bond acceptors (Lipinski definition) is 4. The van der Waals surface area contributed by atoms with Gasteiger partial charge in [0.25, 0.3) is 0 Å². The molecule has 7 heteroatoms. The third-order valence-electron chi connectivity index (χ3n) is 2.62. The van der Waals surface area contributed by atoms with E-state index in [-0.39, 0.29) is 6.03 Å². The van der Waals surface area contributed by atoms with Crippen molar-refractivity contribution in [3.63, 3.8) is 0 Å². The lowest BCUT2D eigenvalue weighted by Gasteiger charge is -2.25. The molecule has 0 saturated heterocycles. The second kappa shape index (κ2) is 8.34. The molecular weight excluding hydrogens is 248 g/mol. The van der Waals surface area contributed by atoms with Crippen LogP contribution in [0.5, 0.6) is 0 Å². The summed E-state index contributed by atoms with van der Waals surface area (Å²) in [6, 6.07) is -0.327. The zero-order valence-electron chi connectivity index (χ0n) is 12.3. The van der Waals surface area contributed by atoms with Gasteiger partial charge in [-0.25, -0.2) is 9.59 Å².